The van der Waals surface area contributed by atoms with Crippen LogP contribution in [0.5, 0.6) is 0 Å². The van der Waals surface area contributed by atoms with Crippen LogP contribution in [-0.2, 0) is 9.47 Å². The summed E-state index contributed by atoms with van der Waals surface area (Å²) in [7, 11) is 0. The maximum Gasteiger partial charge on any atom is 0.315 e. The number of carbonyl (C=O) groups excluding carboxylic acids is 1. The van der Waals surface area contributed by atoms with Crippen molar-refractivity contribution in [2.75, 3.05) is 19.8 Å². The molecule has 1 aromatic carbocycles. The molecule has 0 spiro atoms. The van der Waals surface area contributed by atoms with Crippen LogP contribution in [0.4, 0.5) is 9.18 Å². The van der Waals surface area contributed by atoms with Gasteiger partial charge in [-0.15, -0.1) is 0 Å². The van der Waals surface area contributed by atoms with Crippen molar-refractivity contribution in [3.8, 4) is 0 Å². The van der Waals surface area contributed by atoms with E-state index in [4.69, 9.17) is 9.47 Å². The van der Waals surface area contributed by atoms with Gasteiger partial charge in [0.2, 0.25) is 0 Å². The van der Waals surface area contributed by atoms with Gasteiger partial charge in [0.05, 0.1) is 13.2 Å². The molecule has 0 unspecified atom stereocenters. The van der Waals surface area contributed by atoms with E-state index in [9.17, 15) is 9.18 Å². The molecule has 3 rings (SSSR count). The van der Waals surface area contributed by atoms with E-state index in [-0.39, 0.29) is 29.7 Å². The molecule has 2 fully saturated rings. The van der Waals surface area contributed by atoms with E-state index in [1.54, 1.807) is 6.07 Å². The second kappa shape index (κ2) is 7.07. The number of benzene rings is 1. The molecule has 3 atom stereocenters. The maximum atomic E-state index is 13.2. The first kappa shape index (κ1) is 17.2. The molecule has 1 aliphatic carbocycles. The predicted molar refractivity (Wildman–Crippen MR) is 88.2 cm³/mol. The predicted octanol–water partition coefficient (Wildman–Crippen LogP) is 2.77. The van der Waals surface area contributed by atoms with Gasteiger partial charge in [-0.3, -0.25) is 0 Å². The number of amides is 2. The highest BCUT2D eigenvalue weighted by Crippen LogP contribution is 2.40. The second-order valence-electron chi connectivity index (χ2n) is 7.00. The smallest absolute Gasteiger partial charge is 0.315 e. The van der Waals surface area contributed by atoms with Crippen LogP contribution in [0, 0.1) is 11.7 Å². The number of carbonyl (C=O) groups is 1. The Hall–Kier alpha value is -1.66. The summed E-state index contributed by atoms with van der Waals surface area (Å²) < 4.78 is 24.4. The molecule has 2 amide bonds. The average molecular weight is 336 g/mol. The number of urea groups is 1. The highest BCUT2D eigenvalue weighted by atomic mass is 19.1. The Morgan fingerprint density at radius 1 is 1.42 bits per heavy atom. The van der Waals surface area contributed by atoms with E-state index in [2.05, 4.69) is 17.6 Å². The van der Waals surface area contributed by atoms with Crippen molar-refractivity contribution in [3.05, 3.63) is 35.6 Å². The third-order valence-electron chi connectivity index (χ3n) is 4.61. The van der Waals surface area contributed by atoms with E-state index in [0.29, 0.717) is 19.8 Å². The fraction of sp³-hybridized carbons (Fsp3) is 0.611. The minimum absolute atomic E-state index is 0.0844. The molecule has 1 heterocycles. The molecule has 132 valence electrons. The van der Waals surface area contributed by atoms with E-state index in [1.165, 1.54) is 12.1 Å². The minimum Gasteiger partial charge on any atom is -0.348 e. The molecule has 5 nitrogen and oxygen atoms in total. The van der Waals surface area contributed by atoms with Gasteiger partial charge in [0.25, 0.3) is 0 Å². The van der Waals surface area contributed by atoms with Crippen molar-refractivity contribution >= 4 is 6.03 Å². The van der Waals surface area contributed by atoms with Crippen molar-refractivity contribution < 1.29 is 18.7 Å². The molecule has 0 aromatic heterocycles. The van der Waals surface area contributed by atoms with Gasteiger partial charge in [0.15, 0.2) is 5.79 Å². The Kier molecular flexibility index (Phi) is 5.06. The summed E-state index contributed by atoms with van der Waals surface area (Å²) in [4.78, 5) is 12.0. The zero-order valence-corrected chi connectivity index (χ0v) is 14.2. The Balaban J connectivity index is 1.37. The van der Waals surface area contributed by atoms with E-state index >= 15 is 0 Å². The van der Waals surface area contributed by atoms with Gasteiger partial charge in [0, 0.05) is 24.9 Å². The third-order valence-corrected chi connectivity index (χ3v) is 4.61. The lowest BCUT2D eigenvalue weighted by atomic mass is 10.0. The molecule has 1 saturated heterocycles. The van der Waals surface area contributed by atoms with Crippen LogP contribution in [0.2, 0.25) is 0 Å². The summed E-state index contributed by atoms with van der Waals surface area (Å²) in [5.41, 5.74) is 0.942. The fourth-order valence-corrected chi connectivity index (χ4v) is 3.33. The second-order valence-corrected chi connectivity index (χ2v) is 7.00. The average Bonchev–Trinajstić information content (AvgIpc) is 3.16. The molecule has 2 aliphatic rings. The van der Waals surface area contributed by atoms with Crippen LogP contribution in [-0.4, -0.2) is 37.6 Å². The number of rotatable bonds is 6. The zero-order chi connectivity index (χ0) is 17.2. The number of halogens is 1. The van der Waals surface area contributed by atoms with Gasteiger partial charge in [-0.25, -0.2) is 9.18 Å². The normalized spacial score (nSPS) is 26.0. The molecular weight excluding hydrogens is 311 g/mol. The maximum absolute atomic E-state index is 13.2. The zero-order valence-electron chi connectivity index (χ0n) is 14.2. The molecule has 1 aromatic rings. The first-order chi connectivity index (χ1) is 11.5. The summed E-state index contributed by atoms with van der Waals surface area (Å²) in [6.07, 6.45) is 1.59. The SMILES string of the molecule is C[C@H](CNC(=O)N[C@@H]1C[C@@H]1c1cccc(F)c1)CC1(C)OCCO1. The standard InChI is InChI=1S/C18H25FN2O3/c1-12(10-18(2)23-6-7-24-18)11-20-17(22)21-16-9-15(16)13-4-3-5-14(19)8-13/h3-5,8,12,15-16H,6-7,9-11H2,1-2H3,(H2,20,21,22)/t12-,15+,16+/m0/s1. The van der Waals surface area contributed by atoms with E-state index < -0.39 is 5.79 Å². The van der Waals surface area contributed by atoms with Crippen LogP contribution in [0.25, 0.3) is 0 Å². The van der Waals surface area contributed by atoms with Crippen molar-refractivity contribution in [2.45, 2.75) is 44.4 Å². The lowest BCUT2D eigenvalue weighted by Crippen LogP contribution is -2.40. The number of hydrogen-bond acceptors (Lipinski definition) is 3. The summed E-state index contributed by atoms with van der Waals surface area (Å²) >= 11 is 0. The van der Waals surface area contributed by atoms with Crippen molar-refractivity contribution in [1.82, 2.24) is 10.6 Å². The van der Waals surface area contributed by atoms with Gasteiger partial charge >= 0.3 is 6.03 Å². The van der Waals surface area contributed by atoms with Gasteiger partial charge in [0.1, 0.15) is 5.82 Å². The van der Waals surface area contributed by atoms with Crippen molar-refractivity contribution in [2.24, 2.45) is 5.92 Å². The molecular formula is C18H25FN2O3. The fourth-order valence-electron chi connectivity index (χ4n) is 3.33. The lowest BCUT2D eigenvalue weighted by Gasteiger charge is -2.26. The Morgan fingerprint density at radius 2 is 2.17 bits per heavy atom. The topological polar surface area (TPSA) is 59.6 Å². The Labute approximate surface area is 141 Å². The number of hydrogen-bond donors (Lipinski definition) is 2. The molecule has 0 bridgehead atoms. The van der Waals surface area contributed by atoms with E-state index in [1.807, 2.05) is 13.0 Å². The van der Waals surface area contributed by atoms with Gasteiger partial charge in [-0.1, -0.05) is 19.1 Å². The van der Waals surface area contributed by atoms with Crippen LogP contribution in [0.3, 0.4) is 0 Å². The first-order valence-electron chi connectivity index (χ1n) is 8.53. The van der Waals surface area contributed by atoms with E-state index in [0.717, 1.165) is 18.4 Å². The quantitative estimate of drug-likeness (QED) is 0.840. The van der Waals surface area contributed by atoms with Gasteiger partial charge < -0.3 is 20.1 Å². The Morgan fingerprint density at radius 3 is 2.88 bits per heavy atom. The summed E-state index contributed by atoms with van der Waals surface area (Å²) in [6, 6.07) is 6.48. The van der Waals surface area contributed by atoms with Crippen LogP contribution < -0.4 is 10.6 Å². The minimum atomic E-state index is -0.531. The monoisotopic (exact) mass is 336 g/mol. The molecule has 24 heavy (non-hydrogen) atoms. The third kappa shape index (κ3) is 4.45. The molecule has 2 N–H and O–H groups in total. The largest absolute Gasteiger partial charge is 0.348 e. The molecule has 0 radical (unpaired) electrons. The lowest BCUT2D eigenvalue weighted by molar-refractivity contribution is -0.153. The summed E-state index contributed by atoms with van der Waals surface area (Å²) in [6.45, 7) is 5.81. The molecule has 6 heteroatoms. The highest BCUT2D eigenvalue weighted by molar-refractivity contribution is 5.74. The van der Waals surface area contributed by atoms with Crippen molar-refractivity contribution in [3.63, 3.8) is 0 Å². The van der Waals surface area contributed by atoms with Crippen LogP contribution >= 0.6 is 0 Å². The van der Waals surface area contributed by atoms with Crippen LogP contribution in [0.15, 0.2) is 24.3 Å². The molecule has 1 aliphatic heterocycles. The summed E-state index contributed by atoms with van der Waals surface area (Å²) in [5.74, 6) is -0.308. The van der Waals surface area contributed by atoms with Gasteiger partial charge in [-0.2, -0.15) is 0 Å². The first-order valence-corrected chi connectivity index (χ1v) is 8.53. The Bertz CT molecular complexity index is 589. The summed E-state index contributed by atoms with van der Waals surface area (Å²) in [5, 5.41) is 5.84. The van der Waals surface area contributed by atoms with Gasteiger partial charge in [-0.05, 0) is 37.0 Å². The van der Waals surface area contributed by atoms with Crippen molar-refractivity contribution in [1.29, 1.82) is 0 Å². The van der Waals surface area contributed by atoms with Crippen LogP contribution in [0.1, 0.15) is 38.2 Å². The highest BCUT2D eigenvalue weighted by Gasteiger charge is 2.39. The number of nitrogens with one attached hydrogen (secondary N) is 2. The molecule has 1 saturated carbocycles. The number of ether oxygens (including phenoxy) is 2.